The van der Waals surface area contributed by atoms with Crippen molar-refractivity contribution in [1.29, 1.82) is 0 Å². The van der Waals surface area contributed by atoms with Crippen LogP contribution < -0.4 is 0 Å². The van der Waals surface area contributed by atoms with Crippen molar-refractivity contribution in [2.75, 3.05) is 0 Å². The van der Waals surface area contributed by atoms with Crippen molar-refractivity contribution in [1.82, 2.24) is 0 Å². The Hall–Kier alpha value is -2.22. The molecule has 0 aromatic heterocycles. The van der Waals surface area contributed by atoms with E-state index in [1.165, 1.54) is 53.5 Å². The van der Waals surface area contributed by atoms with E-state index in [9.17, 15) is 9.18 Å². The molecule has 162 valence electrons. The van der Waals surface area contributed by atoms with Gasteiger partial charge in [0, 0.05) is 5.56 Å². The summed E-state index contributed by atoms with van der Waals surface area (Å²) in [4.78, 5) is 11.5. The molecule has 3 rings (SSSR count). The molecule has 0 atom stereocenters. The van der Waals surface area contributed by atoms with E-state index in [0.717, 1.165) is 24.0 Å². The van der Waals surface area contributed by atoms with E-state index in [2.05, 4.69) is 32.9 Å². The molecule has 0 fully saturated rings. The smallest absolute Gasteiger partial charge is 0.159 e. The first-order valence-corrected chi connectivity index (χ1v) is 11.2. The Morgan fingerprint density at radius 3 is 2.17 bits per heavy atom. The molecule has 0 aliphatic heterocycles. The van der Waals surface area contributed by atoms with E-state index in [-0.39, 0.29) is 5.78 Å². The van der Waals surface area contributed by atoms with Crippen LogP contribution in [-0.4, -0.2) is 5.78 Å². The van der Waals surface area contributed by atoms with E-state index in [1.807, 2.05) is 30.3 Å². The maximum Gasteiger partial charge on any atom is 0.159 e. The van der Waals surface area contributed by atoms with E-state index in [0.29, 0.717) is 0 Å². The first-order chi connectivity index (χ1) is 14.1. The van der Waals surface area contributed by atoms with Crippen molar-refractivity contribution in [2.24, 2.45) is 0 Å². The molecular weight excluding hydrogens is 371 g/mol. The average Bonchev–Trinajstić information content (AvgIpc) is 2.92. The SMILES string of the molecule is CC(=O)c1ccc(C)c(C2=C(C)CCCCC2)c1.CCc1ccc(C(C)(C)F)cc1. The normalized spacial score (nSPS) is 14.6. The lowest BCUT2D eigenvalue weighted by molar-refractivity contribution is 0.101. The zero-order valence-corrected chi connectivity index (χ0v) is 19.6. The molecule has 2 aromatic carbocycles. The monoisotopic (exact) mass is 408 g/mol. The predicted molar refractivity (Wildman–Crippen MR) is 127 cm³/mol. The minimum atomic E-state index is -1.22. The summed E-state index contributed by atoms with van der Waals surface area (Å²) in [5, 5.41) is 0. The van der Waals surface area contributed by atoms with Gasteiger partial charge in [0.1, 0.15) is 5.67 Å². The van der Waals surface area contributed by atoms with Gasteiger partial charge in [-0.3, -0.25) is 4.79 Å². The molecule has 1 aliphatic rings. The average molecular weight is 409 g/mol. The molecule has 0 spiro atoms. The molecule has 0 heterocycles. The largest absolute Gasteiger partial charge is 0.295 e. The highest BCUT2D eigenvalue weighted by atomic mass is 19.1. The number of carbonyl (C=O) groups excluding carboxylic acids is 1. The van der Waals surface area contributed by atoms with Crippen LogP contribution >= 0.6 is 0 Å². The Labute approximate surface area is 182 Å². The van der Waals surface area contributed by atoms with Crippen LogP contribution in [0.4, 0.5) is 4.39 Å². The molecular formula is C28H37FO. The Balaban J connectivity index is 0.000000232. The zero-order valence-electron chi connectivity index (χ0n) is 19.6. The lowest BCUT2D eigenvalue weighted by Crippen LogP contribution is -2.08. The first-order valence-electron chi connectivity index (χ1n) is 11.2. The Morgan fingerprint density at radius 1 is 0.967 bits per heavy atom. The molecule has 0 radical (unpaired) electrons. The summed E-state index contributed by atoms with van der Waals surface area (Å²) in [5.41, 5.74) is 7.19. The standard InChI is InChI=1S/C17H22O.C11H15F/c1-12-7-5-4-6-8-16(12)17-11-15(14(3)18)10-9-13(17)2;1-4-9-5-7-10(8-6-9)11(2,3)12/h9-11H,4-8H2,1-3H3;5-8H,4H2,1-3H3. The van der Waals surface area contributed by atoms with Crippen LogP contribution in [0.1, 0.15) is 99.3 Å². The lowest BCUT2D eigenvalue weighted by Gasteiger charge is -2.14. The van der Waals surface area contributed by atoms with E-state index < -0.39 is 5.67 Å². The highest BCUT2D eigenvalue weighted by Crippen LogP contribution is 2.33. The van der Waals surface area contributed by atoms with Crippen molar-refractivity contribution < 1.29 is 9.18 Å². The maximum absolute atomic E-state index is 13.4. The molecule has 0 saturated carbocycles. The fourth-order valence-corrected chi connectivity index (χ4v) is 3.90. The number of hydrogen-bond donors (Lipinski definition) is 0. The van der Waals surface area contributed by atoms with E-state index >= 15 is 0 Å². The van der Waals surface area contributed by atoms with Gasteiger partial charge in [0.25, 0.3) is 0 Å². The number of alkyl halides is 1. The number of carbonyl (C=O) groups is 1. The lowest BCUT2D eigenvalue weighted by atomic mass is 9.91. The quantitative estimate of drug-likeness (QED) is 0.464. The summed E-state index contributed by atoms with van der Waals surface area (Å²) >= 11 is 0. The highest BCUT2D eigenvalue weighted by Gasteiger charge is 2.17. The number of rotatable bonds is 4. The van der Waals surface area contributed by atoms with Crippen molar-refractivity contribution in [2.45, 2.75) is 85.7 Å². The Kier molecular flexibility index (Phi) is 8.58. The third kappa shape index (κ3) is 6.65. The van der Waals surface area contributed by atoms with Crippen LogP contribution in [0, 0.1) is 6.92 Å². The summed E-state index contributed by atoms with van der Waals surface area (Å²) in [6.45, 7) is 11.3. The van der Waals surface area contributed by atoms with Gasteiger partial charge in [-0.2, -0.15) is 0 Å². The van der Waals surface area contributed by atoms with E-state index in [1.54, 1.807) is 20.8 Å². The van der Waals surface area contributed by atoms with Crippen molar-refractivity contribution in [3.8, 4) is 0 Å². The molecule has 1 nitrogen and oxygen atoms in total. The summed E-state index contributed by atoms with van der Waals surface area (Å²) in [7, 11) is 0. The van der Waals surface area contributed by atoms with Gasteiger partial charge in [0.05, 0.1) is 0 Å². The molecule has 1 aliphatic carbocycles. The van der Waals surface area contributed by atoms with E-state index in [4.69, 9.17) is 0 Å². The Morgan fingerprint density at radius 2 is 1.60 bits per heavy atom. The van der Waals surface area contributed by atoms with Crippen LogP contribution in [0.2, 0.25) is 0 Å². The summed E-state index contributed by atoms with van der Waals surface area (Å²) < 4.78 is 13.4. The van der Waals surface area contributed by atoms with Crippen molar-refractivity contribution in [3.05, 3.63) is 75.9 Å². The molecule has 0 unspecified atom stereocenters. The van der Waals surface area contributed by atoms with Gasteiger partial charge in [-0.05, 0) is 101 Å². The fraction of sp³-hybridized carbons (Fsp3) is 0.464. The molecule has 0 N–H and O–H groups in total. The number of benzene rings is 2. The molecule has 0 amide bonds. The number of ketones is 1. The van der Waals surface area contributed by atoms with Crippen LogP contribution in [0.25, 0.3) is 5.57 Å². The molecule has 2 aromatic rings. The van der Waals surface area contributed by atoms with Gasteiger partial charge in [-0.25, -0.2) is 4.39 Å². The number of allylic oxidation sites excluding steroid dienone is 2. The topological polar surface area (TPSA) is 17.1 Å². The first kappa shape index (κ1) is 24.1. The fourth-order valence-electron chi connectivity index (χ4n) is 3.90. The molecule has 30 heavy (non-hydrogen) atoms. The van der Waals surface area contributed by atoms with Crippen molar-refractivity contribution >= 4 is 11.4 Å². The minimum absolute atomic E-state index is 0.156. The van der Waals surface area contributed by atoms with Crippen LogP contribution in [0.3, 0.4) is 0 Å². The number of aryl methyl sites for hydroxylation is 2. The summed E-state index contributed by atoms with van der Waals surface area (Å²) in [6.07, 6.45) is 7.28. The highest BCUT2D eigenvalue weighted by molar-refractivity contribution is 5.95. The predicted octanol–water partition coefficient (Wildman–Crippen LogP) is 8.39. The number of hydrogen-bond acceptors (Lipinski definition) is 1. The Bertz CT molecular complexity index is 882. The second-order valence-electron chi connectivity index (χ2n) is 8.93. The second-order valence-corrected chi connectivity index (χ2v) is 8.93. The zero-order chi connectivity index (χ0) is 22.3. The van der Waals surface area contributed by atoms with Crippen LogP contribution in [0.15, 0.2) is 48.0 Å². The minimum Gasteiger partial charge on any atom is -0.295 e. The van der Waals surface area contributed by atoms with Gasteiger partial charge in [-0.15, -0.1) is 0 Å². The number of Topliss-reactive ketones (excluding diaryl/α,β-unsaturated/α-hetero) is 1. The third-order valence-electron chi connectivity index (χ3n) is 6.01. The van der Waals surface area contributed by atoms with Gasteiger partial charge < -0.3 is 0 Å². The molecule has 2 heteroatoms. The van der Waals surface area contributed by atoms with Crippen LogP contribution in [-0.2, 0) is 12.1 Å². The van der Waals surface area contributed by atoms with Crippen LogP contribution in [0.5, 0.6) is 0 Å². The van der Waals surface area contributed by atoms with Gasteiger partial charge >= 0.3 is 0 Å². The maximum atomic E-state index is 13.4. The van der Waals surface area contributed by atoms with Crippen molar-refractivity contribution in [3.63, 3.8) is 0 Å². The van der Waals surface area contributed by atoms with Gasteiger partial charge in [-0.1, -0.05) is 55.3 Å². The second kappa shape index (κ2) is 10.7. The summed E-state index contributed by atoms with van der Waals surface area (Å²) in [6, 6.07) is 13.8. The van der Waals surface area contributed by atoms with Gasteiger partial charge in [0.2, 0.25) is 0 Å². The van der Waals surface area contributed by atoms with Gasteiger partial charge in [0.15, 0.2) is 5.78 Å². The third-order valence-corrected chi connectivity index (χ3v) is 6.01. The molecule has 0 bridgehead atoms. The number of halogens is 1. The summed E-state index contributed by atoms with van der Waals surface area (Å²) in [5.74, 6) is 0.156. The molecule has 0 saturated heterocycles.